The fraction of sp³-hybridized carbons (Fsp3) is 0.423. The van der Waals surface area contributed by atoms with E-state index in [0.717, 1.165) is 34.1 Å². The van der Waals surface area contributed by atoms with Gasteiger partial charge in [-0.1, -0.05) is 36.4 Å². The van der Waals surface area contributed by atoms with Crippen LogP contribution < -0.4 is 59.9 Å². The number of hydrogen-bond donors (Lipinski definition) is 3. The summed E-state index contributed by atoms with van der Waals surface area (Å²) in [6.45, 7) is 28.8. The van der Waals surface area contributed by atoms with Crippen molar-refractivity contribution in [3.63, 3.8) is 0 Å². The van der Waals surface area contributed by atoms with Crippen LogP contribution in [0.25, 0.3) is 33.4 Å². The van der Waals surface area contributed by atoms with Gasteiger partial charge in [0.2, 0.25) is 0 Å². The molecule has 15 rings (SSSR count). The van der Waals surface area contributed by atoms with Gasteiger partial charge in [0.1, 0.15) is 89.4 Å². The van der Waals surface area contributed by atoms with E-state index in [1.807, 2.05) is 150 Å². The summed E-state index contributed by atoms with van der Waals surface area (Å²) in [4.78, 5) is 90.7. The zero-order chi connectivity index (χ0) is 76.8. The Morgan fingerprint density at radius 2 is 0.630 bits per heavy atom. The Morgan fingerprint density at radius 1 is 0.380 bits per heavy atom. The Hall–Kier alpha value is -11.5. The lowest BCUT2D eigenvalue weighted by Crippen LogP contribution is -2.55. The van der Waals surface area contributed by atoms with Crippen molar-refractivity contribution in [2.75, 3.05) is 128 Å². The van der Waals surface area contributed by atoms with Crippen LogP contribution in [0.4, 0.5) is 61.7 Å². The molecule has 3 atom stereocenters. The van der Waals surface area contributed by atoms with Gasteiger partial charge in [0.15, 0.2) is 17.5 Å². The lowest BCUT2D eigenvalue weighted by molar-refractivity contribution is -0.123. The molecular weight excluding hydrogens is 1400 g/mol. The van der Waals surface area contributed by atoms with Crippen molar-refractivity contribution in [3.8, 4) is 50.6 Å². The number of hydrazone groups is 3. The molecule has 0 saturated carbocycles. The minimum absolute atomic E-state index is 0.197. The summed E-state index contributed by atoms with van der Waals surface area (Å²) < 4.78 is 80.0. The molecule has 3 fully saturated rings. The van der Waals surface area contributed by atoms with Crippen molar-refractivity contribution in [1.29, 1.82) is 0 Å². The van der Waals surface area contributed by atoms with E-state index in [0.29, 0.717) is 147 Å². The van der Waals surface area contributed by atoms with Crippen molar-refractivity contribution in [2.45, 2.75) is 118 Å². The lowest BCUT2D eigenvalue weighted by Gasteiger charge is -2.38. The first-order chi connectivity index (χ1) is 51.4. The van der Waals surface area contributed by atoms with Crippen LogP contribution in [0, 0.1) is 17.5 Å². The normalized spacial score (nSPS) is 19.6. The van der Waals surface area contributed by atoms with Crippen molar-refractivity contribution in [3.05, 3.63) is 127 Å². The van der Waals surface area contributed by atoms with Crippen LogP contribution in [-0.2, 0) is 28.6 Å². The Bertz CT molecular complexity index is 4150. The summed E-state index contributed by atoms with van der Waals surface area (Å²) >= 11 is 0. The first-order valence-electron chi connectivity index (χ1n) is 36.2. The number of nitrogens with one attached hydrogen (secondary N) is 3. The summed E-state index contributed by atoms with van der Waals surface area (Å²) in [5.41, 5.74) is 13.7. The highest BCUT2D eigenvalue weighted by Gasteiger charge is 2.40. The van der Waals surface area contributed by atoms with E-state index < -0.39 is 34.9 Å². The highest BCUT2D eigenvalue weighted by molar-refractivity contribution is 6.11. The van der Waals surface area contributed by atoms with Crippen LogP contribution in [0.1, 0.15) is 83.1 Å². The third kappa shape index (κ3) is 15.8. The van der Waals surface area contributed by atoms with E-state index in [-0.39, 0.29) is 73.3 Å². The Balaban J connectivity index is 0.000000143. The average Bonchev–Trinajstić information content (AvgIpc) is 0.768. The molecule has 6 amide bonds. The summed E-state index contributed by atoms with van der Waals surface area (Å²) in [6.07, 6.45) is -1.01. The van der Waals surface area contributed by atoms with Gasteiger partial charge in [0.05, 0.1) is 17.1 Å². The number of benzene rings is 6. The van der Waals surface area contributed by atoms with E-state index in [1.165, 1.54) is 18.2 Å². The molecule has 0 aliphatic carbocycles. The smallest absolute Gasteiger partial charge is 0.410 e. The van der Waals surface area contributed by atoms with Gasteiger partial charge in [0.25, 0.3) is 17.7 Å². The molecule has 9 aliphatic heterocycles. The first-order valence-corrected chi connectivity index (χ1v) is 36.2. The second-order valence-electron chi connectivity index (χ2n) is 30.3. The molecule has 27 nitrogen and oxygen atoms in total. The molecular formula is C78H90F3N15O12. The fourth-order valence-corrected chi connectivity index (χ4v) is 14.1. The van der Waals surface area contributed by atoms with Crippen LogP contribution in [0.5, 0.6) is 17.2 Å². The van der Waals surface area contributed by atoms with Gasteiger partial charge >= 0.3 is 18.3 Å². The zero-order valence-corrected chi connectivity index (χ0v) is 62.6. The summed E-state index contributed by atoms with van der Waals surface area (Å²) in [7, 11) is 0. The molecule has 0 bridgehead atoms. The maximum atomic E-state index is 15.3. The maximum absolute atomic E-state index is 15.3. The zero-order valence-electron chi connectivity index (χ0n) is 62.6. The first kappa shape index (κ1) is 74.8. The average molecular weight is 1490 g/mol. The van der Waals surface area contributed by atoms with Crippen LogP contribution in [0.3, 0.4) is 0 Å². The van der Waals surface area contributed by atoms with E-state index in [1.54, 1.807) is 53.7 Å². The molecule has 0 aromatic heterocycles. The molecule has 108 heavy (non-hydrogen) atoms. The number of hydrogen-bond acceptors (Lipinski definition) is 21. The summed E-state index contributed by atoms with van der Waals surface area (Å²) in [5.74, 6) is 1.95. The Labute approximate surface area is 624 Å². The van der Waals surface area contributed by atoms with E-state index >= 15 is 13.2 Å². The third-order valence-corrected chi connectivity index (χ3v) is 19.4. The number of halogens is 3. The van der Waals surface area contributed by atoms with Crippen molar-refractivity contribution < 1.29 is 70.4 Å². The number of piperazine rings is 3. The number of ether oxygens (including phenoxy) is 6. The largest absolute Gasteiger partial charge is 0.483 e. The molecule has 0 spiro atoms. The van der Waals surface area contributed by atoms with E-state index in [2.05, 4.69) is 46.3 Å². The summed E-state index contributed by atoms with van der Waals surface area (Å²) in [6, 6.07) is 30.2. The number of amides is 6. The maximum Gasteiger partial charge on any atom is 0.410 e. The van der Waals surface area contributed by atoms with E-state index in [9.17, 15) is 28.8 Å². The molecule has 3 N–H and O–H groups in total. The molecule has 30 heteroatoms. The number of amidine groups is 3. The van der Waals surface area contributed by atoms with E-state index in [4.69, 9.17) is 28.4 Å². The van der Waals surface area contributed by atoms with Gasteiger partial charge in [-0.3, -0.25) is 14.4 Å². The molecule has 6 aromatic rings. The minimum atomic E-state index is -0.555. The van der Waals surface area contributed by atoms with Gasteiger partial charge in [0, 0.05) is 112 Å². The summed E-state index contributed by atoms with van der Waals surface area (Å²) in [5, 5.41) is 12.3. The van der Waals surface area contributed by atoms with Gasteiger partial charge in [-0.2, -0.15) is 15.3 Å². The Kier molecular flexibility index (Phi) is 20.8. The number of anilines is 6. The lowest BCUT2D eigenvalue weighted by atomic mass is 9.99. The molecule has 570 valence electrons. The molecule has 0 radical (unpaired) electrons. The van der Waals surface area contributed by atoms with Gasteiger partial charge < -0.3 is 72.5 Å². The third-order valence-electron chi connectivity index (χ3n) is 19.4. The second kappa shape index (κ2) is 30.1. The van der Waals surface area contributed by atoms with Crippen molar-refractivity contribution in [2.24, 2.45) is 15.3 Å². The van der Waals surface area contributed by atoms with Crippen molar-refractivity contribution in [1.82, 2.24) is 31.0 Å². The molecule has 9 heterocycles. The highest BCUT2D eigenvalue weighted by Crippen LogP contribution is 2.46. The molecule has 9 aliphatic rings. The number of rotatable bonds is 6. The van der Waals surface area contributed by atoms with Gasteiger partial charge in [-0.05, 0) is 173 Å². The molecule has 3 saturated heterocycles. The van der Waals surface area contributed by atoms with Gasteiger partial charge in [-0.15, -0.1) is 0 Å². The SMILES string of the molecule is CC1C(=O)NN=C2COc3cc(-c4c(F)cccc4N4CCN(C(=O)OC(C)(C)C)CC4)ccc3N21.C[C@@H]1C(=O)NN=C2COc3cc(-c4c(F)cccc4N4CCN(C(=O)OC(C)(C)C)CC4)ccc3N21.C[C@H]1C(=O)NN=C2COc3cc(-c4c(F)cccc4N4CCN(C(=O)OC(C)(C)C)CC4)ccc3N21. The standard InChI is InChI=1S/3C26H30FN5O4/c3*1-16-24(33)29-28-22-15-35-21-14-17(8-9-19(21)32(16)22)23-18(27)6-5-7-20(23)30-10-12-31(13-11-30)25(34)36-26(2,3)4/h3*5-9,14,16H,10-13,15H2,1-4H3,(H,29,33)/t2*16-;/m10./s1. The number of carbonyl (C=O) groups excluding carboxylic acids is 6. The predicted octanol–water partition coefficient (Wildman–Crippen LogP) is 10.7. The van der Waals surface area contributed by atoms with Gasteiger partial charge in [-0.25, -0.2) is 43.8 Å². The number of carbonyl (C=O) groups is 6. The highest BCUT2D eigenvalue weighted by atomic mass is 19.1. The van der Waals surface area contributed by atoms with Crippen LogP contribution in [0.2, 0.25) is 0 Å². The van der Waals surface area contributed by atoms with Crippen molar-refractivity contribution >= 4 is 87.6 Å². The molecule has 1 unspecified atom stereocenters. The number of fused-ring (bicyclic) bond motifs is 9. The Morgan fingerprint density at radius 3 is 0.870 bits per heavy atom. The fourth-order valence-electron chi connectivity index (χ4n) is 14.1. The second-order valence-corrected chi connectivity index (χ2v) is 30.3. The predicted molar refractivity (Wildman–Crippen MR) is 405 cm³/mol. The quantitative estimate of drug-likeness (QED) is 0.131. The van der Waals surface area contributed by atoms with Crippen LogP contribution >= 0.6 is 0 Å². The topological polar surface area (TPSA) is 260 Å². The number of nitrogens with zero attached hydrogens (tertiary/aromatic N) is 12. The minimum Gasteiger partial charge on any atom is -0.483 e. The van der Waals surface area contributed by atoms with Crippen LogP contribution in [0.15, 0.2) is 124 Å². The molecule has 6 aromatic carbocycles. The monoisotopic (exact) mass is 1490 g/mol. The van der Waals surface area contributed by atoms with Crippen LogP contribution in [-0.4, -0.2) is 201 Å².